The lowest BCUT2D eigenvalue weighted by Gasteiger charge is -2.22. The van der Waals surface area contributed by atoms with Crippen LogP contribution in [0.5, 0.6) is 5.75 Å². The fraction of sp³-hybridized carbons (Fsp3) is 0.167. The molecule has 0 radical (unpaired) electrons. The standard InChI is InChI=1S/C24H23NO4S/c1-2-28-21-12-14-23(15-13-21)30(26,27)25(18-22-10-6-16-29-22)17-20-9-5-8-19-7-3-4-11-24(19)20/h3-16H,2,17-18H2,1H3. The highest BCUT2D eigenvalue weighted by atomic mass is 32.2. The van der Waals surface area contributed by atoms with Crippen LogP contribution in [0.3, 0.4) is 0 Å². The van der Waals surface area contributed by atoms with Crippen molar-refractivity contribution in [1.82, 2.24) is 4.31 Å². The molecule has 6 heteroatoms. The molecule has 1 aromatic heterocycles. The van der Waals surface area contributed by atoms with Crippen molar-refractivity contribution in [2.75, 3.05) is 6.61 Å². The molecule has 0 aliphatic rings. The molecule has 4 aromatic rings. The molecule has 0 aliphatic heterocycles. The molecule has 154 valence electrons. The molecular weight excluding hydrogens is 398 g/mol. The van der Waals surface area contributed by atoms with Crippen LogP contribution in [-0.2, 0) is 23.1 Å². The largest absolute Gasteiger partial charge is 0.494 e. The maximum atomic E-state index is 13.5. The fourth-order valence-corrected chi connectivity index (χ4v) is 4.83. The molecule has 4 rings (SSSR count). The Kier molecular flexibility index (Phi) is 5.88. The Bertz CT molecular complexity index is 1210. The van der Waals surface area contributed by atoms with Gasteiger partial charge in [-0.05, 0) is 59.7 Å². The summed E-state index contributed by atoms with van der Waals surface area (Å²) in [5.74, 6) is 1.23. The first-order chi connectivity index (χ1) is 14.6. The lowest BCUT2D eigenvalue weighted by atomic mass is 10.0. The minimum atomic E-state index is -3.76. The van der Waals surface area contributed by atoms with Crippen molar-refractivity contribution < 1.29 is 17.6 Å². The fourth-order valence-electron chi connectivity index (χ4n) is 3.45. The maximum Gasteiger partial charge on any atom is 0.243 e. The SMILES string of the molecule is CCOc1ccc(S(=O)(=O)N(Cc2ccco2)Cc2cccc3ccccc23)cc1. The van der Waals surface area contributed by atoms with Crippen LogP contribution >= 0.6 is 0 Å². The molecule has 3 aromatic carbocycles. The van der Waals surface area contributed by atoms with Gasteiger partial charge in [0.2, 0.25) is 10.0 Å². The van der Waals surface area contributed by atoms with Crippen molar-refractivity contribution in [1.29, 1.82) is 0 Å². The second-order valence-electron chi connectivity index (χ2n) is 6.90. The van der Waals surface area contributed by atoms with Gasteiger partial charge in [0.1, 0.15) is 11.5 Å². The number of hydrogen-bond acceptors (Lipinski definition) is 4. The van der Waals surface area contributed by atoms with Gasteiger partial charge in [-0.3, -0.25) is 0 Å². The first kappa shape index (κ1) is 20.2. The van der Waals surface area contributed by atoms with E-state index in [4.69, 9.17) is 9.15 Å². The van der Waals surface area contributed by atoms with Crippen molar-refractivity contribution in [2.45, 2.75) is 24.9 Å². The Hall–Kier alpha value is -3.09. The number of furan rings is 1. The average Bonchev–Trinajstić information content (AvgIpc) is 3.27. The smallest absolute Gasteiger partial charge is 0.243 e. The van der Waals surface area contributed by atoms with Gasteiger partial charge in [-0.25, -0.2) is 8.42 Å². The Labute approximate surface area is 176 Å². The molecule has 0 fully saturated rings. The van der Waals surface area contributed by atoms with E-state index in [1.807, 2.05) is 49.4 Å². The Balaban J connectivity index is 1.72. The minimum Gasteiger partial charge on any atom is -0.494 e. The molecule has 30 heavy (non-hydrogen) atoms. The van der Waals surface area contributed by atoms with Gasteiger partial charge >= 0.3 is 0 Å². The zero-order valence-electron chi connectivity index (χ0n) is 16.7. The number of fused-ring (bicyclic) bond motifs is 1. The third-order valence-corrected chi connectivity index (χ3v) is 6.72. The van der Waals surface area contributed by atoms with E-state index in [2.05, 4.69) is 0 Å². The first-order valence-corrected chi connectivity index (χ1v) is 11.2. The molecule has 0 atom stereocenters. The zero-order valence-corrected chi connectivity index (χ0v) is 17.5. The van der Waals surface area contributed by atoms with Gasteiger partial charge in [0.05, 0.1) is 24.3 Å². The topological polar surface area (TPSA) is 59.8 Å². The van der Waals surface area contributed by atoms with Gasteiger partial charge in [0.25, 0.3) is 0 Å². The van der Waals surface area contributed by atoms with E-state index >= 15 is 0 Å². The van der Waals surface area contributed by atoms with E-state index in [-0.39, 0.29) is 18.0 Å². The van der Waals surface area contributed by atoms with E-state index < -0.39 is 10.0 Å². The highest BCUT2D eigenvalue weighted by Crippen LogP contribution is 2.26. The Morgan fingerprint density at radius 1 is 0.867 bits per heavy atom. The molecule has 0 spiro atoms. The summed E-state index contributed by atoms with van der Waals surface area (Å²) >= 11 is 0. The second kappa shape index (κ2) is 8.73. The zero-order chi connectivity index (χ0) is 21.0. The molecule has 0 N–H and O–H groups in total. The van der Waals surface area contributed by atoms with Crippen LogP contribution in [0.4, 0.5) is 0 Å². The van der Waals surface area contributed by atoms with Crippen LogP contribution in [0.1, 0.15) is 18.2 Å². The minimum absolute atomic E-state index is 0.145. The third kappa shape index (κ3) is 4.25. The predicted molar refractivity (Wildman–Crippen MR) is 117 cm³/mol. The van der Waals surface area contributed by atoms with Crippen molar-refractivity contribution in [2.24, 2.45) is 0 Å². The normalized spacial score (nSPS) is 11.8. The summed E-state index contributed by atoms with van der Waals surface area (Å²) in [4.78, 5) is 0.220. The predicted octanol–water partition coefficient (Wildman–Crippen LogP) is 5.22. The van der Waals surface area contributed by atoms with Crippen molar-refractivity contribution >= 4 is 20.8 Å². The average molecular weight is 422 g/mol. The molecule has 0 bridgehead atoms. The van der Waals surface area contributed by atoms with Crippen molar-refractivity contribution in [3.05, 3.63) is 96.4 Å². The lowest BCUT2D eigenvalue weighted by molar-refractivity contribution is 0.339. The summed E-state index contributed by atoms with van der Waals surface area (Å²) in [6.45, 7) is 2.79. The summed E-state index contributed by atoms with van der Waals surface area (Å²) < 4.78 is 39.4. The van der Waals surface area contributed by atoms with Crippen molar-refractivity contribution in [3.8, 4) is 5.75 Å². The third-order valence-electron chi connectivity index (χ3n) is 4.91. The van der Waals surface area contributed by atoms with Gasteiger partial charge in [-0.2, -0.15) is 4.31 Å². The van der Waals surface area contributed by atoms with Gasteiger partial charge in [0, 0.05) is 6.54 Å². The van der Waals surface area contributed by atoms with Gasteiger partial charge in [-0.1, -0.05) is 42.5 Å². The van der Waals surface area contributed by atoms with Crippen molar-refractivity contribution in [3.63, 3.8) is 0 Å². The van der Waals surface area contributed by atoms with Crippen LogP contribution in [0.2, 0.25) is 0 Å². The summed E-state index contributed by atoms with van der Waals surface area (Å²) in [5.41, 5.74) is 0.939. The number of hydrogen-bond donors (Lipinski definition) is 0. The molecule has 5 nitrogen and oxygen atoms in total. The van der Waals surface area contributed by atoms with E-state index in [1.54, 1.807) is 42.7 Å². The maximum absolute atomic E-state index is 13.5. The molecule has 0 aliphatic carbocycles. The molecule has 0 saturated heterocycles. The summed E-state index contributed by atoms with van der Waals surface area (Å²) in [6.07, 6.45) is 1.55. The highest BCUT2D eigenvalue weighted by molar-refractivity contribution is 7.89. The van der Waals surface area contributed by atoms with Crippen LogP contribution in [0.15, 0.2) is 94.4 Å². The molecular formula is C24H23NO4S. The molecule has 1 heterocycles. The Morgan fingerprint density at radius 2 is 1.63 bits per heavy atom. The molecule has 0 unspecified atom stereocenters. The van der Waals surface area contributed by atoms with E-state index in [0.29, 0.717) is 18.1 Å². The van der Waals surface area contributed by atoms with Crippen LogP contribution in [0, 0.1) is 0 Å². The Morgan fingerprint density at radius 3 is 2.37 bits per heavy atom. The van der Waals surface area contributed by atoms with Crippen LogP contribution in [0.25, 0.3) is 10.8 Å². The molecule has 0 saturated carbocycles. The van der Waals surface area contributed by atoms with Crippen LogP contribution in [-0.4, -0.2) is 19.3 Å². The number of ether oxygens (including phenoxy) is 1. The van der Waals surface area contributed by atoms with E-state index in [9.17, 15) is 8.42 Å². The number of nitrogens with zero attached hydrogens (tertiary/aromatic N) is 1. The van der Waals surface area contributed by atoms with Gasteiger partial charge in [0.15, 0.2) is 0 Å². The summed E-state index contributed by atoms with van der Waals surface area (Å²) in [6, 6.07) is 24.0. The summed E-state index contributed by atoms with van der Waals surface area (Å²) in [5, 5.41) is 2.11. The van der Waals surface area contributed by atoms with Crippen LogP contribution < -0.4 is 4.74 Å². The quantitative estimate of drug-likeness (QED) is 0.391. The number of sulfonamides is 1. The van der Waals surface area contributed by atoms with Gasteiger partial charge in [-0.15, -0.1) is 0 Å². The molecule has 0 amide bonds. The summed E-state index contributed by atoms with van der Waals surface area (Å²) in [7, 11) is -3.76. The number of rotatable bonds is 8. The van der Waals surface area contributed by atoms with E-state index in [0.717, 1.165) is 16.3 Å². The first-order valence-electron chi connectivity index (χ1n) is 9.80. The van der Waals surface area contributed by atoms with Gasteiger partial charge < -0.3 is 9.15 Å². The lowest BCUT2D eigenvalue weighted by Crippen LogP contribution is -2.30. The number of benzene rings is 3. The van der Waals surface area contributed by atoms with E-state index in [1.165, 1.54) is 4.31 Å². The highest BCUT2D eigenvalue weighted by Gasteiger charge is 2.26. The second-order valence-corrected chi connectivity index (χ2v) is 8.83. The monoisotopic (exact) mass is 421 g/mol.